The average Bonchev–Trinajstić information content (AvgIpc) is 2.82. The van der Waals surface area contributed by atoms with Gasteiger partial charge in [0.25, 0.3) is 5.91 Å². The zero-order valence-electron chi connectivity index (χ0n) is 18.8. The Kier molecular flexibility index (Phi) is 8.91. The molecule has 3 N–H and O–H groups in total. The summed E-state index contributed by atoms with van der Waals surface area (Å²) in [7, 11) is 1.64. The molecule has 0 aromatic heterocycles. The van der Waals surface area contributed by atoms with Crippen LogP contribution >= 0.6 is 0 Å². The van der Waals surface area contributed by atoms with E-state index in [-0.39, 0.29) is 5.91 Å². The van der Waals surface area contributed by atoms with Crippen LogP contribution in [-0.4, -0.2) is 43.4 Å². The van der Waals surface area contributed by atoms with Crippen molar-refractivity contribution in [2.24, 2.45) is 4.99 Å². The fourth-order valence-corrected chi connectivity index (χ4v) is 3.79. The van der Waals surface area contributed by atoms with Crippen molar-refractivity contribution in [2.45, 2.75) is 45.8 Å². The molecule has 2 aromatic rings. The first-order chi connectivity index (χ1) is 15.2. The lowest BCUT2D eigenvalue weighted by Crippen LogP contribution is -2.36. The maximum atomic E-state index is 11.8. The van der Waals surface area contributed by atoms with E-state index in [2.05, 4.69) is 57.0 Å². The molecule has 1 amide bonds. The number of likely N-dealkylation sites (tertiary alicyclic amines) is 1. The minimum Gasteiger partial charge on any atom is -0.357 e. The molecule has 6 nitrogen and oxygen atoms in total. The number of nitrogens with zero attached hydrogens (tertiary/aromatic N) is 2. The Hall–Kier alpha value is -2.86. The zero-order chi connectivity index (χ0) is 21.9. The quantitative estimate of drug-likeness (QED) is 0.452. The first kappa shape index (κ1) is 22.8. The monoisotopic (exact) mass is 421 g/mol. The second-order valence-electron chi connectivity index (χ2n) is 7.98. The van der Waals surface area contributed by atoms with Gasteiger partial charge in [-0.25, -0.2) is 4.99 Å². The van der Waals surface area contributed by atoms with E-state index in [0.29, 0.717) is 18.7 Å². The van der Waals surface area contributed by atoms with Crippen molar-refractivity contribution in [3.63, 3.8) is 0 Å². The number of guanidine groups is 1. The van der Waals surface area contributed by atoms with Crippen LogP contribution in [-0.2, 0) is 19.6 Å². The second-order valence-corrected chi connectivity index (χ2v) is 7.98. The first-order valence-corrected chi connectivity index (χ1v) is 11.3. The molecule has 1 fully saturated rings. The van der Waals surface area contributed by atoms with E-state index >= 15 is 0 Å². The number of piperidine rings is 1. The fraction of sp³-hybridized carbons (Fsp3) is 0.440. The van der Waals surface area contributed by atoms with Gasteiger partial charge in [-0.15, -0.1) is 0 Å². The van der Waals surface area contributed by atoms with E-state index in [1.54, 1.807) is 7.05 Å². The standard InChI is InChI=1S/C25H35N5O/c1-3-27-25(29-18-22-8-7-9-23(16-22)24(31)26-2)28-17-20-10-12-21(13-11-20)19-30-14-5-4-6-15-30/h7-13,16H,3-6,14-15,17-19H2,1-2H3,(H,26,31)(H2,27,28,29). The largest absolute Gasteiger partial charge is 0.357 e. The van der Waals surface area contributed by atoms with Crippen LogP contribution in [0.25, 0.3) is 0 Å². The molecular formula is C25H35N5O. The molecule has 1 saturated heterocycles. The van der Waals surface area contributed by atoms with Crippen molar-refractivity contribution >= 4 is 11.9 Å². The maximum absolute atomic E-state index is 11.8. The van der Waals surface area contributed by atoms with Crippen molar-refractivity contribution in [2.75, 3.05) is 26.7 Å². The molecular weight excluding hydrogens is 386 g/mol. The topological polar surface area (TPSA) is 68.8 Å². The number of amides is 1. The molecule has 2 aromatic carbocycles. The van der Waals surface area contributed by atoms with Gasteiger partial charge in [0, 0.05) is 32.2 Å². The number of benzene rings is 2. The number of hydrogen-bond acceptors (Lipinski definition) is 3. The molecule has 6 heteroatoms. The molecule has 166 valence electrons. The highest BCUT2D eigenvalue weighted by molar-refractivity contribution is 5.94. The van der Waals surface area contributed by atoms with Crippen LogP contribution in [0.5, 0.6) is 0 Å². The summed E-state index contributed by atoms with van der Waals surface area (Å²) in [5.41, 5.74) is 4.26. The van der Waals surface area contributed by atoms with Crippen LogP contribution in [0.15, 0.2) is 53.5 Å². The third-order valence-corrected chi connectivity index (χ3v) is 5.52. The maximum Gasteiger partial charge on any atom is 0.251 e. The average molecular weight is 422 g/mol. The first-order valence-electron chi connectivity index (χ1n) is 11.3. The van der Waals surface area contributed by atoms with E-state index in [1.807, 2.05) is 24.3 Å². The SMILES string of the molecule is CCNC(=NCc1cccc(C(=O)NC)c1)NCc1ccc(CN2CCCCC2)cc1. The molecule has 31 heavy (non-hydrogen) atoms. The van der Waals surface area contributed by atoms with E-state index < -0.39 is 0 Å². The number of carbonyl (C=O) groups excluding carboxylic acids is 1. The molecule has 3 rings (SSSR count). The summed E-state index contributed by atoms with van der Waals surface area (Å²) in [6.07, 6.45) is 4.02. The summed E-state index contributed by atoms with van der Waals surface area (Å²) in [5, 5.41) is 9.35. The summed E-state index contributed by atoms with van der Waals surface area (Å²) < 4.78 is 0. The summed E-state index contributed by atoms with van der Waals surface area (Å²) in [4.78, 5) is 19.1. The van der Waals surface area contributed by atoms with E-state index in [9.17, 15) is 4.79 Å². The highest BCUT2D eigenvalue weighted by Gasteiger charge is 2.10. The molecule has 1 aliphatic heterocycles. The Balaban J connectivity index is 1.54. The molecule has 0 atom stereocenters. The summed E-state index contributed by atoms with van der Waals surface area (Å²) in [5.74, 6) is 0.685. The number of hydrogen-bond donors (Lipinski definition) is 3. The minimum atomic E-state index is -0.0837. The molecule has 0 spiro atoms. The van der Waals surface area contributed by atoms with E-state index in [1.165, 1.54) is 43.5 Å². The lowest BCUT2D eigenvalue weighted by atomic mass is 10.1. The van der Waals surface area contributed by atoms with Gasteiger partial charge in [-0.1, -0.05) is 42.8 Å². The predicted octanol–water partition coefficient (Wildman–Crippen LogP) is 3.29. The number of carbonyl (C=O) groups is 1. The fourth-order valence-electron chi connectivity index (χ4n) is 3.79. The van der Waals surface area contributed by atoms with Crippen LogP contribution < -0.4 is 16.0 Å². The van der Waals surface area contributed by atoms with Gasteiger partial charge in [-0.3, -0.25) is 9.69 Å². The third kappa shape index (κ3) is 7.40. The smallest absolute Gasteiger partial charge is 0.251 e. The Morgan fingerprint density at radius 2 is 1.71 bits per heavy atom. The van der Waals surface area contributed by atoms with Crippen LogP contribution in [0.1, 0.15) is 53.2 Å². The van der Waals surface area contributed by atoms with Gasteiger partial charge in [-0.05, 0) is 61.7 Å². The summed E-state index contributed by atoms with van der Waals surface area (Å²) in [6, 6.07) is 16.4. The van der Waals surface area contributed by atoms with Gasteiger partial charge >= 0.3 is 0 Å². The third-order valence-electron chi connectivity index (χ3n) is 5.52. The van der Waals surface area contributed by atoms with Crippen LogP contribution in [0.2, 0.25) is 0 Å². The molecule has 0 aliphatic carbocycles. The zero-order valence-corrected chi connectivity index (χ0v) is 18.8. The van der Waals surface area contributed by atoms with E-state index in [4.69, 9.17) is 0 Å². The number of aliphatic imine (C=N–C) groups is 1. The van der Waals surface area contributed by atoms with Crippen molar-refractivity contribution in [3.8, 4) is 0 Å². The summed E-state index contributed by atoms with van der Waals surface area (Å²) >= 11 is 0. The van der Waals surface area contributed by atoms with Gasteiger partial charge in [0.1, 0.15) is 0 Å². The molecule has 1 heterocycles. The molecule has 1 aliphatic rings. The molecule has 0 saturated carbocycles. The highest BCUT2D eigenvalue weighted by atomic mass is 16.1. The molecule has 0 unspecified atom stereocenters. The lowest BCUT2D eigenvalue weighted by Gasteiger charge is -2.26. The second kappa shape index (κ2) is 12.1. The summed E-state index contributed by atoms with van der Waals surface area (Å²) in [6.45, 7) is 7.56. The number of nitrogens with one attached hydrogen (secondary N) is 3. The lowest BCUT2D eigenvalue weighted by molar-refractivity contribution is 0.0963. The van der Waals surface area contributed by atoms with Crippen LogP contribution in [0.4, 0.5) is 0 Å². The van der Waals surface area contributed by atoms with Crippen molar-refractivity contribution in [1.29, 1.82) is 0 Å². The van der Waals surface area contributed by atoms with Gasteiger partial charge in [-0.2, -0.15) is 0 Å². The molecule has 0 bridgehead atoms. The minimum absolute atomic E-state index is 0.0837. The van der Waals surface area contributed by atoms with Gasteiger partial charge in [0.2, 0.25) is 0 Å². The van der Waals surface area contributed by atoms with Crippen molar-refractivity contribution < 1.29 is 4.79 Å². The Morgan fingerprint density at radius 3 is 2.42 bits per heavy atom. The van der Waals surface area contributed by atoms with Gasteiger partial charge in [0.15, 0.2) is 5.96 Å². The van der Waals surface area contributed by atoms with E-state index in [0.717, 1.165) is 24.6 Å². The molecule has 0 radical (unpaired) electrons. The van der Waals surface area contributed by atoms with Gasteiger partial charge < -0.3 is 16.0 Å². The number of rotatable bonds is 8. The normalized spacial score (nSPS) is 14.8. The Morgan fingerprint density at radius 1 is 0.968 bits per heavy atom. The van der Waals surface area contributed by atoms with Crippen molar-refractivity contribution in [3.05, 3.63) is 70.8 Å². The van der Waals surface area contributed by atoms with Crippen molar-refractivity contribution in [1.82, 2.24) is 20.9 Å². The highest BCUT2D eigenvalue weighted by Crippen LogP contribution is 2.13. The van der Waals surface area contributed by atoms with Crippen LogP contribution in [0, 0.1) is 0 Å². The van der Waals surface area contributed by atoms with Crippen LogP contribution in [0.3, 0.4) is 0 Å². The van der Waals surface area contributed by atoms with Gasteiger partial charge in [0.05, 0.1) is 6.54 Å². The predicted molar refractivity (Wildman–Crippen MR) is 127 cm³/mol. The Bertz CT molecular complexity index is 856. The Labute approximate surface area is 186 Å².